The molecule has 3 aromatic carbocycles. The first kappa shape index (κ1) is 32.2. The Morgan fingerprint density at radius 2 is 1.65 bits per heavy atom. The van der Waals surface area contributed by atoms with Crippen molar-refractivity contribution in [2.45, 2.75) is 25.3 Å². The van der Waals surface area contributed by atoms with E-state index in [1.54, 1.807) is 6.20 Å². The summed E-state index contributed by atoms with van der Waals surface area (Å²) in [6, 6.07) is 27.2. The fraction of sp³-hybridized carbons (Fsp3) is 0.158. The summed E-state index contributed by atoms with van der Waals surface area (Å²) in [5, 5.41) is 0.0207. The number of carbonyl (C=O) groups is 2. The van der Waals surface area contributed by atoms with Gasteiger partial charge in [0, 0.05) is 29.6 Å². The number of halogens is 1. The number of pyridine rings is 2. The zero-order valence-electron chi connectivity index (χ0n) is 27.3. The number of primary amides is 2. The average Bonchev–Trinajstić information content (AvgIpc) is 3.75. The number of likely N-dealkylation sites (tertiary alicyclic amines) is 1. The second kappa shape index (κ2) is 13.0. The lowest BCUT2D eigenvalue weighted by Gasteiger charge is -2.32. The van der Waals surface area contributed by atoms with E-state index < -0.39 is 17.6 Å². The van der Waals surface area contributed by atoms with E-state index in [4.69, 9.17) is 27.2 Å². The van der Waals surface area contributed by atoms with E-state index in [-0.39, 0.29) is 16.5 Å². The van der Waals surface area contributed by atoms with Crippen LogP contribution in [0.4, 0.5) is 10.2 Å². The molecule has 2 amide bonds. The third-order valence-corrected chi connectivity index (χ3v) is 10.5. The molecule has 0 saturated carbocycles. The first-order valence-corrected chi connectivity index (χ1v) is 17.3. The number of aromatic nitrogens is 5. The van der Waals surface area contributed by atoms with Crippen molar-refractivity contribution >= 4 is 50.3 Å². The van der Waals surface area contributed by atoms with Crippen LogP contribution in [0.25, 0.3) is 49.7 Å². The summed E-state index contributed by atoms with van der Waals surface area (Å²) in [5.74, 6) is -1.17. The van der Waals surface area contributed by atoms with Crippen LogP contribution in [0.2, 0.25) is 0 Å². The molecule has 1 aliphatic rings. The van der Waals surface area contributed by atoms with Crippen LogP contribution in [0.3, 0.4) is 0 Å². The maximum absolute atomic E-state index is 15.5. The van der Waals surface area contributed by atoms with Gasteiger partial charge in [-0.05, 0) is 79.9 Å². The van der Waals surface area contributed by atoms with Crippen molar-refractivity contribution in [3.63, 3.8) is 0 Å². The molecule has 0 radical (unpaired) electrons. The highest BCUT2D eigenvalue weighted by Gasteiger charge is 2.29. The van der Waals surface area contributed by atoms with Crippen molar-refractivity contribution < 1.29 is 14.0 Å². The first-order chi connectivity index (χ1) is 24.7. The van der Waals surface area contributed by atoms with Crippen LogP contribution >= 0.6 is 11.3 Å². The SMILES string of the molecule is NC(=O)c1nc2c(C3CCN(Cc4ccc(-n5c(-c6cccnc6N)nc6ccc(-c7ccccc7)nc65)cc4)CC3)c(F)cc(C(N)=O)c2s1. The van der Waals surface area contributed by atoms with E-state index in [2.05, 4.69) is 39.1 Å². The predicted molar refractivity (Wildman–Crippen MR) is 196 cm³/mol. The Hall–Kier alpha value is -6.05. The van der Waals surface area contributed by atoms with Crippen molar-refractivity contribution in [1.29, 1.82) is 0 Å². The molecule has 7 aromatic rings. The van der Waals surface area contributed by atoms with Gasteiger partial charge in [0.1, 0.15) is 17.2 Å². The van der Waals surface area contributed by atoms with Crippen LogP contribution in [-0.2, 0) is 6.54 Å². The molecule has 51 heavy (non-hydrogen) atoms. The molecule has 6 N–H and O–H groups in total. The van der Waals surface area contributed by atoms with E-state index in [1.807, 2.05) is 59.2 Å². The maximum atomic E-state index is 15.5. The molecule has 5 heterocycles. The standard InChI is InChI=1S/C38H32FN9O2S/c39-27-19-26(34(41)49)32-31(46-38(51-32)35(42)50)30(27)23-14-17-47(18-15-23)20-21-8-10-24(11-9-21)48-36(25-7-4-16-43-33(25)40)45-29-13-12-28(44-37(29)48)22-5-2-1-3-6-22/h1-13,16,19,23H,14-15,17-18,20H2,(H2,40,43)(H2,41,49)(H2,42,50). The molecule has 11 nitrogen and oxygen atoms in total. The molecule has 0 unspecified atom stereocenters. The third kappa shape index (κ3) is 5.96. The molecule has 0 atom stereocenters. The monoisotopic (exact) mass is 697 g/mol. The zero-order chi connectivity index (χ0) is 35.2. The van der Waals surface area contributed by atoms with Gasteiger partial charge in [-0.25, -0.2) is 24.3 Å². The fourth-order valence-corrected chi connectivity index (χ4v) is 7.84. The molecule has 13 heteroatoms. The highest BCUT2D eigenvalue weighted by molar-refractivity contribution is 7.20. The topological polar surface area (TPSA) is 172 Å². The average molecular weight is 698 g/mol. The maximum Gasteiger partial charge on any atom is 0.277 e. The van der Waals surface area contributed by atoms with Crippen molar-refractivity contribution in [2.75, 3.05) is 18.8 Å². The molecule has 0 bridgehead atoms. The van der Waals surface area contributed by atoms with Crippen LogP contribution in [0.1, 0.15) is 50.0 Å². The summed E-state index contributed by atoms with van der Waals surface area (Å²) in [6.45, 7) is 2.15. The van der Waals surface area contributed by atoms with Gasteiger partial charge in [-0.2, -0.15) is 0 Å². The number of hydrogen-bond donors (Lipinski definition) is 3. The highest BCUT2D eigenvalue weighted by atomic mass is 32.1. The Balaban J connectivity index is 1.05. The van der Waals surface area contributed by atoms with Crippen LogP contribution in [0.5, 0.6) is 0 Å². The minimum Gasteiger partial charge on any atom is -0.383 e. The summed E-state index contributed by atoms with van der Waals surface area (Å²) in [6.07, 6.45) is 3.01. The van der Waals surface area contributed by atoms with Gasteiger partial charge in [-0.3, -0.25) is 19.1 Å². The largest absolute Gasteiger partial charge is 0.383 e. The number of nitrogen functional groups attached to an aromatic ring is 1. The van der Waals surface area contributed by atoms with E-state index in [0.717, 1.165) is 58.5 Å². The number of rotatable bonds is 8. The van der Waals surface area contributed by atoms with E-state index in [1.165, 1.54) is 0 Å². The van der Waals surface area contributed by atoms with Gasteiger partial charge in [0.05, 0.1) is 27.0 Å². The van der Waals surface area contributed by atoms with Gasteiger partial charge < -0.3 is 17.2 Å². The number of piperidine rings is 1. The predicted octanol–water partition coefficient (Wildman–Crippen LogP) is 6.06. The summed E-state index contributed by atoms with van der Waals surface area (Å²) in [7, 11) is 0. The number of fused-ring (bicyclic) bond motifs is 2. The lowest BCUT2D eigenvalue weighted by Crippen LogP contribution is -2.32. The highest BCUT2D eigenvalue weighted by Crippen LogP contribution is 2.39. The molecule has 1 fully saturated rings. The van der Waals surface area contributed by atoms with Crippen LogP contribution in [-0.4, -0.2) is 54.3 Å². The molecule has 8 rings (SSSR count). The molecular weight excluding hydrogens is 666 g/mol. The number of nitrogens with zero attached hydrogens (tertiary/aromatic N) is 6. The van der Waals surface area contributed by atoms with Crippen molar-refractivity contribution in [1.82, 2.24) is 29.4 Å². The smallest absolute Gasteiger partial charge is 0.277 e. The fourth-order valence-electron chi connectivity index (χ4n) is 6.89. The summed E-state index contributed by atoms with van der Waals surface area (Å²) in [5.41, 5.74) is 24.0. The van der Waals surface area contributed by atoms with Gasteiger partial charge in [-0.15, -0.1) is 11.3 Å². The molecule has 1 aliphatic heterocycles. The van der Waals surface area contributed by atoms with Gasteiger partial charge in [-0.1, -0.05) is 42.5 Å². The van der Waals surface area contributed by atoms with Gasteiger partial charge in [0.2, 0.25) is 5.91 Å². The minimum atomic E-state index is -0.780. The molecule has 0 aliphatic carbocycles. The Labute approximate surface area is 295 Å². The molecule has 4 aromatic heterocycles. The second-order valence-electron chi connectivity index (χ2n) is 12.6. The number of anilines is 1. The Bertz CT molecular complexity index is 2450. The number of hydrogen-bond acceptors (Lipinski definition) is 9. The summed E-state index contributed by atoms with van der Waals surface area (Å²) < 4.78 is 17.9. The normalized spacial score (nSPS) is 14.0. The quantitative estimate of drug-likeness (QED) is 0.172. The number of amides is 2. The lowest BCUT2D eigenvalue weighted by molar-refractivity contribution is 0.0992. The zero-order valence-corrected chi connectivity index (χ0v) is 28.1. The molecular formula is C38H32FN9O2S. The number of carbonyl (C=O) groups excluding carboxylic acids is 2. The Morgan fingerprint density at radius 1 is 0.882 bits per heavy atom. The van der Waals surface area contributed by atoms with Crippen LogP contribution in [0.15, 0.2) is 91.1 Å². The van der Waals surface area contributed by atoms with E-state index in [9.17, 15) is 9.59 Å². The third-order valence-electron chi connectivity index (χ3n) is 9.38. The van der Waals surface area contributed by atoms with Gasteiger partial charge in [0.15, 0.2) is 16.5 Å². The second-order valence-corrected chi connectivity index (χ2v) is 13.6. The molecule has 1 saturated heterocycles. The first-order valence-electron chi connectivity index (χ1n) is 16.4. The van der Waals surface area contributed by atoms with Crippen LogP contribution < -0.4 is 17.2 Å². The summed E-state index contributed by atoms with van der Waals surface area (Å²) >= 11 is 0.967. The Kier molecular flexibility index (Phi) is 8.21. The number of benzene rings is 3. The Morgan fingerprint density at radius 3 is 2.35 bits per heavy atom. The number of nitrogens with two attached hydrogens (primary N) is 3. The number of imidazole rings is 1. The number of thiazole rings is 1. The van der Waals surface area contributed by atoms with Crippen molar-refractivity contribution in [3.8, 4) is 28.3 Å². The van der Waals surface area contributed by atoms with Crippen molar-refractivity contribution in [2.24, 2.45) is 11.5 Å². The van der Waals surface area contributed by atoms with Crippen LogP contribution in [0, 0.1) is 5.82 Å². The van der Waals surface area contributed by atoms with Gasteiger partial charge >= 0.3 is 0 Å². The molecule has 0 spiro atoms. The lowest BCUT2D eigenvalue weighted by atomic mass is 9.87. The van der Waals surface area contributed by atoms with E-state index in [0.29, 0.717) is 58.0 Å². The van der Waals surface area contributed by atoms with Gasteiger partial charge in [0.25, 0.3) is 5.91 Å². The minimum absolute atomic E-state index is 0.00395. The summed E-state index contributed by atoms with van der Waals surface area (Å²) in [4.78, 5) is 44.9. The molecule has 254 valence electrons. The van der Waals surface area contributed by atoms with E-state index >= 15 is 4.39 Å². The van der Waals surface area contributed by atoms with Crippen molar-refractivity contribution in [3.05, 3.63) is 119 Å².